The van der Waals surface area contributed by atoms with Gasteiger partial charge in [0.05, 0.1) is 17.1 Å². The normalized spacial score (nSPS) is 15.7. The second-order valence-corrected chi connectivity index (χ2v) is 8.12. The number of phenolic OH excluding ortho intramolecular Hbond substituents is 3. The van der Waals surface area contributed by atoms with Gasteiger partial charge >= 0.3 is 0 Å². The Morgan fingerprint density at radius 3 is 2.53 bits per heavy atom. The molecule has 4 N–H and O–H groups in total. The summed E-state index contributed by atoms with van der Waals surface area (Å²) in [5.74, 6) is -1.09. The molecule has 1 unspecified atom stereocenters. The topological polar surface area (TPSA) is 120 Å². The SMILES string of the molecule is C=C(C)C(O)Cc1c2c(c3oc4c(O)c(O)ccc4c(=O)c3c1O)C=CC(C)(C)O2. The molecule has 0 radical (unpaired) electrons. The Bertz CT molecular complexity index is 1310. The monoisotopic (exact) mass is 410 g/mol. The van der Waals surface area contributed by atoms with Crippen molar-refractivity contribution >= 4 is 28.0 Å². The van der Waals surface area contributed by atoms with Crippen LogP contribution in [0.15, 0.2) is 39.6 Å². The average molecular weight is 410 g/mol. The minimum absolute atomic E-state index is 0.000451. The standard InChI is InChI=1S/C23H22O7/c1-10(2)15(25)9-13-18(27)16-17(26)11-5-6-14(24)19(28)22(11)29-21(16)12-7-8-23(3,4)30-20(12)13/h5-8,15,24-25,27-28H,1,9H2,2-4H3. The molecular weight excluding hydrogens is 388 g/mol. The third-order valence-corrected chi connectivity index (χ3v) is 5.28. The van der Waals surface area contributed by atoms with Crippen LogP contribution < -0.4 is 10.2 Å². The van der Waals surface area contributed by atoms with Crippen molar-refractivity contribution < 1.29 is 29.6 Å². The quantitative estimate of drug-likeness (QED) is 0.295. The van der Waals surface area contributed by atoms with Crippen molar-refractivity contribution in [3.8, 4) is 23.0 Å². The number of rotatable bonds is 3. The van der Waals surface area contributed by atoms with Gasteiger partial charge in [-0.25, -0.2) is 0 Å². The zero-order valence-corrected chi connectivity index (χ0v) is 16.8. The van der Waals surface area contributed by atoms with Crippen LogP contribution in [0.4, 0.5) is 0 Å². The van der Waals surface area contributed by atoms with E-state index in [4.69, 9.17) is 9.15 Å². The first kappa shape index (κ1) is 19.8. The Labute approximate surface area is 171 Å². The first-order chi connectivity index (χ1) is 14.0. The number of fused-ring (bicyclic) bond motifs is 4. The fourth-order valence-electron chi connectivity index (χ4n) is 3.57. The Morgan fingerprint density at radius 1 is 1.17 bits per heavy atom. The van der Waals surface area contributed by atoms with E-state index in [1.54, 1.807) is 19.1 Å². The van der Waals surface area contributed by atoms with Gasteiger partial charge in [0, 0.05) is 12.0 Å². The molecule has 0 aliphatic carbocycles. The molecule has 0 saturated carbocycles. The van der Waals surface area contributed by atoms with Crippen LogP contribution in [0.3, 0.4) is 0 Å². The molecule has 156 valence electrons. The number of aromatic hydroxyl groups is 3. The molecule has 0 bridgehead atoms. The summed E-state index contributed by atoms with van der Waals surface area (Å²) in [6.45, 7) is 9.06. The Kier molecular flexibility index (Phi) is 4.32. The van der Waals surface area contributed by atoms with E-state index in [9.17, 15) is 25.2 Å². The summed E-state index contributed by atoms with van der Waals surface area (Å²) >= 11 is 0. The van der Waals surface area contributed by atoms with Crippen molar-refractivity contribution in [2.45, 2.75) is 38.9 Å². The van der Waals surface area contributed by atoms with Gasteiger partial charge in [0.2, 0.25) is 11.2 Å². The molecule has 0 saturated heterocycles. The fourth-order valence-corrected chi connectivity index (χ4v) is 3.57. The van der Waals surface area contributed by atoms with Gasteiger partial charge in [0.25, 0.3) is 0 Å². The Morgan fingerprint density at radius 2 is 1.87 bits per heavy atom. The summed E-state index contributed by atoms with van der Waals surface area (Å²) in [5, 5.41) is 41.3. The first-order valence-corrected chi connectivity index (χ1v) is 9.43. The maximum Gasteiger partial charge on any atom is 0.204 e. The molecule has 1 aromatic heterocycles. The molecule has 4 rings (SSSR count). The number of hydrogen-bond donors (Lipinski definition) is 4. The van der Waals surface area contributed by atoms with Crippen LogP contribution in [0.2, 0.25) is 0 Å². The Hall–Kier alpha value is -3.45. The molecule has 0 amide bonds. The highest BCUT2D eigenvalue weighted by molar-refractivity contribution is 6.01. The van der Waals surface area contributed by atoms with Crippen LogP contribution in [0.25, 0.3) is 28.0 Å². The number of phenols is 3. The summed E-state index contributed by atoms with van der Waals surface area (Å²) in [5.41, 5.74) is -0.296. The van der Waals surface area contributed by atoms with Gasteiger partial charge in [0.1, 0.15) is 22.5 Å². The second kappa shape index (κ2) is 6.53. The molecule has 7 heteroatoms. The van der Waals surface area contributed by atoms with E-state index >= 15 is 0 Å². The number of ether oxygens (including phenoxy) is 1. The van der Waals surface area contributed by atoms with E-state index in [0.717, 1.165) is 0 Å². The van der Waals surface area contributed by atoms with Gasteiger partial charge < -0.3 is 29.6 Å². The van der Waals surface area contributed by atoms with E-state index in [2.05, 4.69) is 6.58 Å². The molecule has 1 aliphatic rings. The third-order valence-electron chi connectivity index (χ3n) is 5.28. The molecule has 2 aromatic carbocycles. The predicted molar refractivity (Wildman–Crippen MR) is 113 cm³/mol. The lowest BCUT2D eigenvalue weighted by atomic mass is 9.92. The lowest BCUT2D eigenvalue weighted by Crippen LogP contribution is -2.29. The van der Waals surface area contributed by atoms with Crippen molar-refractivity contribution in [3.63, 3.8) is 0 Å². The molecule has 3 aromatic rings. The van der Waals surface area contributed by atoms with Crippen molar-refractivity contribution in [1.82, 2.24) is 0 Å². The second-order valence-electron chi connectivity index (χ2n) is 8.12. The maximum atomic E-state index is 13.2. The summed E-state index contributed by atoms with van der Waals surface area (Å²) < 4.78 is 11.9. The van der Waals surface area contributed by atoms with Crippen molar-refractivity contribution in [2.75, 3.05) is 0 Å². The van der Waals surface area contributed by atoms with Gasteiger partial charge in [-0.2, -0.15) is 0 Å². The molecule has 1 atom stereocenters. The van der Waals surface area contributed by atoms with Crippen LogP contribution in [0.1, 0.15) is 31.9 Å². The van der Waals surface area contributed by atoms with Gasteiger partial charge in [0.15, 0.2) is 16.9 Å². The van der Waals surface area contributed by atoms with Crippen LogP contribution in [0, 0.1) is 0 Å². The van der Waals surface area contributed by atoms with Gasteiger partial charge in [-0.15, -0.1) is 0 Å². The lowest BCUT2D eigenvalue weighted by molar-refractivity contribution is 0.153. The van der Waals surface area contributed by atoms with E-state index in [-0.39, 0.29) is 45.4 Å². The summed E-state index contributed by atoms with van der Waals surface area (Å²) in [4.78, 5) is 13.2. The van der Waals surface area contributed by atoms with Crippen LogP contribution >= 0.6 is 0 Å². The maximum absolute atomic E-state index is 13.2. The molecule has 1 aliphatic heterocycles. The van der Waals surface area contributed by atoms with Crippen molar-refractivity contribution in [2.24, 2.45) is 0 Å². The van der Waals surface area contributed by atoms with Crippen LogP contribution in [0.5, 0.6) is 23.0 Å². The zero-order valence-electron chi connectivity index (χ0n) is 16.8. The lowest BCUT2D eigenvalue weighted by Gasteiger charge is -2.30. The van der Waals surface area contributed by atoms with E-state index in [0.29, 0.717) is 11.1 Å². The van der Waals surface area contributed by atoms with Crippen molar-refractivity contribution in [1.29, 1.82) is 0 Å². The molecule has 30 heavy (non-hydrogen) atoms. The smallest absolute Gasteiger partial charge is 0.204 e. The first-order valence-electron chi connectivity index (χ1n) is 9.43. The predicted octanol–water partition coefficient (Wildman–Crippen LogP) is 3.73. The summed E-state index contributed by atoms with van der Waals surface area (Å²) in [6.07, 6.45) is 2.52. The minimum Gasteiger partial charge on any atom is -0.507 e. The highest BCUT2D eigenvalue weighted by Gasteiger charge is 2.32. The number of aliphatic hydroxyl groups is 1. The molecule has 2 heterocycles. The van der Waals surface area contributed by atoms with Crippen LogP contribution in [-0.2, 0) is 6.42 Å². The number of aliphatic hydroxyl groups excluding tert-OH is 1. The fraction of sp³-hybridized carbons (Fsp3) is 0.261. The molecular formula is C23H22O7. The van der Waals surface area contributed by atoms with Gasteiger partial charge in [-0.05, 0) is 45.1 Å². The van der Waals surface area contributed by atoms with Gasteiger partial charge in [-0.3, -0.25) is 4.79 Å². The molecule has 0 spiro atoms. The highest BCUT2D eigenvalue weighted by Crippen LogP contribution is 2.46. The van der Waals surface area contributed by atoms with E-state index < -0.39 is 28.6 Å². The average Bonchev–Trinajstić information content (AvgIpc) is 2.67. The third kappa shape index (κ3) is 2.90. The van der Waals surface area contributed by atoms with E-state index in [1.165, 1.54) is 12.1 Å². The number of hydrogen-bond acceptors (Lipinski definition) is 7. The molecule has 0 fully saturated rings. The minimum atomic E-state index is -0.955. The molecule has 7 nitrogen and oxygen atoms in total. The summed E-state index contributed by atoms with van der Waals surface area (Å²) in [7, 11) is 0. The Balaban J connectivity index is 2.17. The highest BCUT2D eigenvalue weighted by atomic mass is 16.5. The van der Waals surface area contributed by atoms with Crippen molar-refractivity contribution in [3.05, 3.63) is 51.7 Å². The largest absolute Gasteiger partial charge is 0.507 e. The van der Waals surface area contributed by atoms with Gasteiger partial charge in [-0.1, -0.05) is 12.2 Å². The zero-order chi connectivity index (χ0) is 22.0. The number of benzene rings is 2. The summed E-state index contributed by atoms with van der Waals surface area (Å²) in [6, 6.07) is 2.49. The van der Waals surface area contributed by atoms with E-state index in [1.807, 2.05) is 13.8 Å². The van der Waals surface area contributed by atoms with Crippen LogP contribution in [-0.4, -0.2) is 32.1 Å².